The molecule has 1 aliphatic rings. The number of hydrogen-bond acceptors (Lipinski definition) is 1. The van der Waals surface area contributed by atoms with E-state index >= 15 is 0 Å². The lowest BCUT2D eigenvalue weighted by Crippen LogP contribution is -2.25. The third-order valence-corrected chi connectivity index (χ3v) is 3.22. The molecule has 0 radical (unpaired) electrons. The number of carbonyl (C=O) groups is 1. The van der Waals surface area contributed by atoms with Crippen LogP contribution in [0.4, 0.5) is 0 Å². The van der Waals surface area contributed by atoms with Crippen molar-refractivity contribution in [3.63, 3.8) is 0 Å². The predicted octanol–water partition coefficient (Wildman–Crippen LogP) is 2.60. The molecule has 0 aromatic heterocycles. The number of nitrogens with one attached hydrogen (secondary N) is 1. The van der Waals surface area contributed by atoms with Gasteiger partial charge < -0.3 is 5.32 Å². The van der Waals surface area contributed by atoms with Gasteiger partial charge in [-0.15, -0.1) is 0 Å². The molecular formula is C14H19NO. The molecule has 0 saturated carbocycles. The van der Waals surface area contributed by atoms with E-state index in [9.17, 15) is 4.79 Å². The Morgan fingerprint density at radius 1 is 1.31 bits per heavy atom. The Morgan fingerprint density at radius 3 is 2.69 bits per heavy atom. The topological polar surface area (TPSA) is 29.1 Å². The van der Waals surface area contributed by atoms with E-state index in [1.165, 1.54) is 11.1 Å². The third-order valence-electron chi connectivity index (χ3n) is 3.22. The minimum absolute atomic E-state index is 0.223. The second kappa shape index (κ2) is 5.15. The van der Waals surface area contributed by atoms with Crippen molar-refractivity contribution in [3.05, 3.63) is 35.4 Å². The van der Waals surface area contributed by atoms with E-state index in [0.29, 0.717) is 6.04 Å². The average Bonchev–Trinajstić information content (AvgIpc) is 2.67. The van der Waals surface area contributed by atoms with Crippen LogP contribution in [0.5, 0.6) is 0 Å². The SMILES string of the molecule is Cc1ccc(CCCC2CCC(=O)N2)cc1. The van der Waals surface area contributed by atoms with E-state index in [1.54, 1.807) is 0 Å². The standard InChI is InChI=1S/C14H19NO/c1-11-5-7-12(8-6-11)3-2-4-13-9-10-14(16)15-13/h5-8,13H,2-4,9-10H2,1H3,(H,15,16). The van der Waals surface area contributed by atoms with Gasteiger partial charge in [0.25, 0.3) is 0 Å². The molecule has 0 bridgehead atoms. The van der Waals surface area contributed by atoms with Crippen molar-refractivity contribution >= 4 is 5.91 Å². The molecular weight excluding hydrogens is 198 g/mol. The highest BCUT2D eigenvalue weighted by Crippen LogP contribution is 2.14. The fraction of sp³-hybridized carbons (Fsp3) is 0.500. The summed E-state index contributed by atoms with van der Waals surface area (Å²) in [7, 11) is 0. The Bertz CT molecular complexity index is 356. The molecule has 1 heterocycles. The van der Waals surface area contributed by atoms with Crippen LogP contribution < -0.4 is 5.32 Å². The summed E-state index contributed by atoms with van der Waals surface area (Å²) in [5.41, 5.74) is 2.71. The molecule has 0 aliphatic carbocycles. The number of rotatable bonds is 4. The molecule has 1 atom stereocenters. The van der Waals surface area contributed by atoms with E-state index in [2.05, 4.69) is 36.5 Å². The van der Waals surface area contributed by atoms with Crippen LogP contribution in [0.15, 0.2) is 24.3 Å². The first-order chi connectivity index (χ1) is 7.74. The van der Waals surface area contributed by atoms with Crippen molar-refractivity contribution < 1.29 is 4.79 Å². The van der Waals surface area contributed by atoms with Gasteiger partial charge in [0.1, 0.15) is 0 Å². The first kappa shape index (κ1) is 11.2. The average molecular weight is 217 g/mol. The van der Waals surface area contributed by atoms with Crippen LogP contribution in [0.1, 0.15) is 36.8 Å². The van der Waals surface area contributed by atoms with Crippen LogP contribution in [-0.4, -0.2) is 11.9 Å². The van der Waals surface area contributed by atoms with Gasteiger partial charge in [0.15, 0.2) is 0 Å². The van der Waals surface area contributed by atoms with E-state index < -0.39 is 0 Å². The molecule has 1 aromatic rings. The monoisotopic (exact) mass is 217 g/mol. The van der Waals surface area contributed by atoms with Gasteiger partial charge in [-0.3, -0.25) is 4.79 Å². The van der Waals surface area contributed by atoms with Crippen molar-refractivity contribution in [1.82, 2.24) is 5.32 Å². The van der Waals surface area contributed by atoms with Gasteiger partial charge in [0, 0.05) is 12.5 Å². The largest absolute Gasteiger partial charge is 0.353 e. The van der Waals surface area contributed by atoms with Crippen LogP contribution >= 0.6 is 0 Å². The molecule has 2 nitrogen and oxygen atoms in total. The fourth-order valence-corrected chi connectivity index (χ4v) is 2.20. The maximum Gasteiger partial charge on any atom is 0.220 e. The van der Waals surface area contributed by atoms with Crippen LogP contribution in [0, 0.1) is 6.92 Å². The van der Waals surface area contributed by atoms with Gasteiger partial charge in [-0.05, 0) is 38.2 Å². The van der Waals surface area contributed by atoms with Crippen molar-refractivity contribution in [1.29, 1.82) is 0 Å². The highest BCUT2D eigenvalue weighted by molar-refractivity contribution is 5.78. The molecule has 1 fully saturated rings. The van der Waals surface area contributed by atoms with E-state index in [1.807, 2.05) is 0 Å². The summed E-state index contributed by atoms with van der Waals surface area (Å²) in [6, 6.07) is 9.14. The van der Waals surface area contributed by atoms with Crippen LogP contribution in [0.2, 0.25) is 0 Å². The summed E-state index contributed by atoms with van der Waals surface area (Å²) >= 11 is 0. The molecule has 0 spiro atoms. The molecule has 1 amide bonds. The summed E-state index contributed by atoms with van der Waals surface area (Å²) in [6.07, 6.45) is 5.13. The number of hydrogen-bond donors (Lipinski definition) is 1. The van der Waals surface area contributed by atoms with Crippen molar-refractivity contribution in [2.75, 3.05) is 0 Å². The number of amides is 1. The normalized spacial score (nSPS) is 19.8. The lowest BCUT2D eigenvalue weighted by molar-refractivity contribution is -0.119. The summed E-state index contributed by atoms with van der Waals surface area (Å²) in [6.45, 7) is 2.11. The maximum absolute atomic E-state index is 11.0. The minimum atomic E-state index is 0.223. The van der Waals surface area contributed by atoms with Crippen molar-refractivity contribution in [2.24, 2.45) is 0 Å². The number of aryl methyl sites for hydroxylation is 2. The molecule has 1 aliphatic heterocycles. The van der Waals surface area contributed by atoms with Crippen LogP contribution in [0.25, 0.3) is 0 Å². The molecule has 1 N–H and O–H groups in total. The molecule has 2 rings (SSSR count). The van der Waals surface area contributed by atoms with E-state index in [0.717, 1.165) is 32.1 Å². The highest BCUT2D eigenvalue weighted by atomic mass is 16.1. The molecule has 1 aromatic carbocycles. The summed E-state index contributed by atoms with van der Waals surface area (Å²) in [5, 5.41) is 3.01. The lowest BCUT2D eigenvalue weighted by Gasteiger charge is -2.09. The van der Waals surface area contributed by atoms with Gasteiger partial charge >= 0.3 is 0 Å². The fourth-order valence-electron chi connectivity index (χ4n) is 2.20. The zero-order valence-electron chi connectivity index (χ0n) is 9.83. The summed E-state index contributed by atoms with van der Waals surface area (Å²) in [5.74, 6) is 0.223. The van der Waals surface area contributed by atoms with E-state index in [-0.39, 0.29) is 5.91 Å². The first-order valence-electron chi connectivity index (χ1n) is 6.09. The van der Waals surface area contributed by atoms with Crippen molar-refractivity contribution in [3.8, 4) is 0 Å². The Morgan fingerprint density at radius 2 is 2.06 bits per heavy atom. The summed E-state index contributed by atoms with van der Waals surface area (Å²) < 4.78 is 0. The predicted molar refractivity (Wildman–Crippen MR) is 65.3 cm³/mol. The third kappa shape index (κ3) is 3.09. The van der Waals surface area contributed by atoms with Gasteiger partial charge in [0.05, 0.1) is 0 Å². The Hall–Kier alpha value is -1.31. The van der Waals surface area contributed by atoms with Crippen molar-refractivity contribution in [2.45, 2.75) is 45.1 Å². The quantitative estimate of drug-likeness (QED) is 0.825. The molecule has 16 heavy (non-hydrogen) atoms. The second-order valence-corrected chi connectivity index (χ2v) is 4.68. The zero-order chi connectivity index (χ0) is 11.4. The van der Waals surface area contributed by atoms with Crippen LogP contribution in [0.3, 0.4) is 0 Å². The van der Waals surface area contributed by atoms with E-state index in [4.69, 9.17) is 0 Å². The lowest BCUT2D eigenvalue weighted by atomic mass is 10.0. The Labute approximate surface area is 97.1 Å². The molecule has 1 saturated heterocycles. The minimum Gasteiger partial charge on any atom is -0.353 e. The molecule has 86 valence electrons. The Balaban J connectivity index is 1.72. The number of benzene rings is 1. The molecule has 2 heteroatoms. The summed E-state index contributed by atoms with van der Waals surface area (Å²) in [4.78, 5) is 11.0. The van der Waals surface area contributed by atoms with Gasteiger partial charge in [0.2, 0.25) is 5.91 Å². The van der Waals surface area contributed by atoms with Gasteiger partial charge in [-0.2, -0.15) is 0 Å². The number of carbonyl (C=O) groups excluding carboxylic acids is 1. The maximum atomic E-state index is 11.0. The Kier molecular flexibility index (Phi) is 3.60. The van der Waals surface area contributed by atoms with Crippen LogP contribution in [-0.2, 0) is 11.2 Å². The first-order valence-corrected chi connectivity index (χ1v) is 6.09. The molecule has 1 unspecified atom stereocenters. The highest BCUT2D eigenvalue weighted by Gasteiger charge is 2.19. The second-order valence-electron chi connectivity index (χ2n) is 4.68. The van der Waals surface area contributed by atoms with Gasteiger partial charge in [-0.1, -0.05) is 29.8 Å². The smallest absolute Gasteiger partial charge is 0.220 e. The van der Waals surface area contributed by atoms with Gasteiger partial charge in [-0.25, -0.2) is 0 Å². The zero-order valence-corrected chi connectivity index (χ0v) is 9.83.